The standard InChI is InChI=1S/C19H21N9O4S3/c20-19-24-16-12(2-1-3-13(16)33-19)11-4-5-14(35(31,32)23-9-10-6-7-22-8-10)17(34(21,29)30)15(11)18-25-27-28-26-18/h1-5,10,22-23H,6-9H2,(H2,20,24)(H2,21,29,30)(H,25,26,27,28)/t10-/m0/s1. The van der Waals surface area contributed by atoms with Crippen molar-refractivity contribution in [2.75, 3.05) is 25.4 Å². The molecule has 3 heterocycles. The second-order valence-electron chi connectivity index (χ2n) is 8.03. The van der Waals surface area contributed by atoms with Crippen LogP contribution in [0.15, 0.2) is 40.1 Å². The van der Waals surface area contributed by atoms with E-state index in [4.69, 9.17) is 10.9 Å². The predicted octanol–water partition coefficient (Wildman–Crippen LogP) is 0.261. The molecule has 4 aromatic rings. The quantitative estimate of drug-likeness (QED) is 0.218. The number of primary sulfonamides is 1. The van der Waals surface area contributed by atoms with Crippen LogP contribution < -0.4 is 20.9 Å². The van der Waals surface area contributed by atoms with Crippen molar-refractivity contribution in [2.45, 2.75) is 16.2 Å². The van der Waals surface area contributed by atoms with Crippen molar-refractivity contribution >= 4 is 46.7 Å². The highest BCUT2D eigenvalue weighted by molar-refractivity contribution is 7.92. The van der Waals surface area contributed by atoms with Gasteiger partial charge in [-0.3, -0.25) is 0 Å². The zero-order valence-electron chi connectivity index (χ0n) is 18.1. The molecule has 1 saturated heterocycles. The van der Waals surface area contributed by atoms with Gasteiger partial charge in [-0.25, -0.2) is 36.8 Å². The molecule has 13 nitrogen and oxygen atoms in total. The fourth-order valence-corrected chi connectivity index (χ4v) is 7.64. The molecule has 0 aliphatic carbocycles. The maximum atomic E-state index is 13.3. The van der Waals surface area contributed by atoms with Crippen LogP contribution in [0.25, 0.3) is 32.7 Å². The van der Waals surface area contributed by atoms with Gasteiger partial charge in [0.25, 0.3) is 0 Å². The van der Waals surface area contributed by atoms with Gasteiger partial charge in [0.15, 0.2) is 11.0 Å². The summed E-state index contributed by atoms with van der Waals surface area (Å²) in [4.78, 5) is 3.25. The zero-order valence-corrected chi connectivity index (χ0v) is 20.5. The van der Waals surface area contributed by atoms with E-state index in [1.54, 1.807) is 12.1 Å². The summed E-state index contributed by atoms with van der Waals surface area (Å²) >= 11 is 1.26. The van der Waals surface area contributed by atoms with Crippen LogP contribution in [0.5, 0.6) is 0 Å². The number of nitrogens with one attached hydrogen (secondary N) is 3. The molecule has 0 radical (unpaired) electrons. The number of aromatic amines is 1. The number of para-hydroxylation sites is 1. The summed E-state index contributed by atoms with van der Waals surface area (Å²) < 4.78 is 55.7. The average Bonchev–Trinajstić information content (AvgIpc) is 3.57. The van der Waals surface area contributed by atoms with Crippen molar-refractivity contribution in [3.63, 3.8) is 0 Å². The fraction of sp³-hybridized carbons (Fsp3) is 0.263. The van der Waals surface area contributed by atoms with Gasteiger partial charge in [-0.15, -0.1) is 5.10 Å². The maximum Gasteiger partial charge on any atom is 0.241 e. The number of nitrogens with zero attached hydrogens (tertiary/aromatic N) is 4. The number of H-pyrrole nitrogens is 1. The summed E-state index contributed by atoms with van der Waals surface area (Å²) in [6.07, 6.45) is 0.805. The number of hydrogen-bond donors (Lipinski definition) is 5. The number of tetrazole rings is 1. The Morgan fingerprint density at radius 1 is 1.14 bits per heavy atom. The van der Waals surface area contributed by atoms with E-state index >= 15 is 0 Å². The number of nitrogen functional groups attached to an aromatic ring is 1. The average molecular weight is 536 g/mol. The molecule has 1 atom stereocenters. The largest absolute Gasteiger partial charge is 0.375 e. The fourth-order valence-electron chi connectivity index (χ4n) is 4.16. The van der Waals surface area contributed by atoms with Crippen LogP contribution in [-0.4, -0.2) is 62.1 Å². The van der Waals surface area contributed by atoms with E-state index < -0.39 is 29.8 Å². The van der Waals surface area contributed by atoms with E-state index in [9.17, 15) is 16.8 Å². The SMILES string of the molecule is Nc1nc2c(-c3ccc(S(=O)(=O)NC[C@H]4CCNC4)c(S(N)(=O)=O)c3-c3nnn[nH]3)cccc2s1. The van der Waals surface area contributed by atoms with Crippen LogP contribution in [0.4, 0.5) is 5.13 Å². The van der Waals surface area contributed by atoms with Crippen molar-refractivity contribution in [3.05, 3.63) is 30.3 Å². The van der Waals surface area contributed by atoms with Gasteiger partial charge >= 0.3 is 0 Å². The first kappa shape index (κ1) is 23.7. The molecule has 5 rings (SSSR count). The lowest BCUT2D eigenvalue weighted by molar-refractivity contribution is 0.536. The van der Waals surface area contributed by atoms with Crippen LogP contribution in [0.1, 0.15) is 6.42 Å². The van der Waals surface area contributed by atoms with Gasteiger partial charge in [-0.1, -0.05) is 29.5 Å². The van der Waals surface area contributed by atoms with Gasteiger partial charge in [-0.05, 0) is 53.6 Å². The lowest BCUT2D eigenvalue weighted by Crippen LogP contribution is -2.32. The third-order valence-electron chi connectivity index (χ3n) is 5.73. The predicted molar refractivity (Wildman–Crippen MR) is 130 cm³/mol. The molecule has 0 spiro atoms. The topological polar surface area (TPSA) is 212 Å². The molecule has 7 N–H and O–H groups in total. The Labute approximate surface area is 204 Å². The lowest BCUT2D eigenvalue weighted by Gasteiger charge is -2.18. The highest BCUT2D eigenvalue weighted by Crippen LogP contribution is 2.41. The Morgan fingerprint density at radius 2 is 1.97 bits per heavy atom. The van der Waals surface area contributed by atoms with Gasteiger partial charge in [0, 0.05) is 12.1 Å². The second-order valence-corrected chi connectivity index (χ2v) is 12.3. The van der Waals surface area contributed by atoms with E-state index in [2.05, 4.69) is 35.6 Å². The minimum Gasteiger partial charge on any atom is -0.375 e. The first-order valence-corrected chi connectivity index (χ1v) is 14.3. The summed E-state index contributed by atoms with van der Waals surface area (Å²) in [7, 11) is -8.84. The molecule has 0 unspecified atom stereocenters. The summed E-state index contributed by atoms with van der Waals surface area (Å²) in [6.45, 7) is 1.61. The second kappa shape index (κ2) is 8.89. The number of sulfonamides is 2. The molecule has 0 bridgehead atoms. The molecule has 1 fully saturated rings. The Balaban J connectivity index is 1.76. The molecule has 16 heteroatoms. The van der Waals surface area contributed by atoms with Crippen molar-refractivity contribution < 1.29 is 16.8 Å². The molecule has 0 amide bonds. The summed E-state index contributed by atoms with van der Waals surface area (Å²) in [5.74, 6) is 0.0222. The van der Waals surface area contributed by atoms with Gasteiger partial charge in [-0.2, -0.15) is 0 Å². The molecular formula is C19H21N9O4S3. The summed E-state index contributed by atoms with van der Waals surface area (Å²) in [5, 5.41) is 22.6. The molecular weight excluding hydrogens is 514 g/mol. The maximum absolute atomic E-state index is 13.3. The van der Waals surface area contributed by atoms with Gasteiger partial charge in [0.05, 0.1) is 15.8 Å². The monoisotopic (exact) mass is 535 g/mol. The Hall–Kier alpha value is -3.02. The number of benzene rings is 2. The summed E-state index contributed by atoms with van der Waals surface area (Å²) in [6, 6.07) is 8.01. The van der Waals surface area contributed by atoms with Crippen LogP contribution in [0, 0.1) is 5.92 Å². The first-order valence-electron chi connectivity index (χ1n) is 10.4. The molecule has 2 aromatic heterocycles. The van der Waals surface area contributed by atoms with Crippen LogP contribution in [0.2, 0.25) is 0 Å². The third-order valence-corrected chi connectivity index (χ3v) is 9.17. The van der Waals surface area contributed by atoms with E-state index in [0.717, 1.165) is 17.7 Å². The highest BCUT2D eigenvalue weighted by Gasteiger charge is 2.32. The Bertz CT molecular complexity index is 1610. The van der Waals surface area contributed by atoms with Crippen molar-refractivity contribution in [3.8, 4) is 22.5 Å². The smallest absolute Gasteiger partial charge is 0.241 e. The minimum atomic E-state index is -4.58. The molecule has 1 aliphatic rings. The number of fused-ring (bicyclic) bond motifs is 1. The molecule has 2 aromatic carbocycles. The first-order chi connectivity index (χ1) is 16.6. The van der Waals surface area contributed by atoms with Gasteiger partial charge in [0.1, 0.15) is 9.79 Å². The van der Waals surface area contributed by atoms with Crippen molar-refractivity contribution in [1.29, 1.82) is 0 Å². The van der Waals surface area contributed by atoms with Crippen LogP contribution >= 0.6 is 11.3 Å². The van der Waals surface area contributed by atoms with Crippen molar-refractivity contribution in [2.24, 2.45) is 11.1 Å². The third kappa shape index (κ3) is 4.51. The highest BCUT2D eigenvalue weighted by atomic mass is 32.2. The number of nitrogens with two attached hydrogens (primary N) is 2. The van der Waals surface area contributed by atoms with Crippen LogP contribution in [0.3, 0.4) is 0 Å². The van der Waals surface area contributed by atoms with Crippen molar-refractivity contribution in [1.82, 2.24) is 35.6 Å². The number of aromatic nitrogens is 5. The Morgan fingerprint density at radius 3 is 2.66 bits per heavy atom. The lowest BCUT2D eigenvalue weighted by atomic mass is 9.98. The molecule has 1 aliphatic heterocycles. The van der Waals surface area contributed by atoms with E-state index in [0.29, 0.717) is 28.3 Å². The van der Waals surface area contributed by atoms with Crippen LogP contribution in [-0.2, 0) is 20.0 Å². The number of hydrogen-bond acceptors (Lipinski definition) is 11. The van der Waals surface area contributed by atoms with E-state index in [-0.39, 0.29) is 23.9 Å². The van der Waals surface area contributed by atoms with E-state index in [1.807, 2.05) is 6.07 Å². The zero-order chi connectivity index (χ0) is 24.8. The molecule has 0 saturated carbocycles. The molecule has 35 heavy (non-hydrogen) atoms. The van der Waals surface area contributed by atoms with E-state index in [1.165, 1.54) is 23.5 Å². The minimum absolute atomic E-state index is 0.0683. The molecule has 184 valence electrons. The number of thiazole rings is 1. The number of rotatable bonds is 7. The van der Waals surface area contributed by atoms with Gasteiger partial charge < -0.3 is 11.1 Å². The van der Waals surface area contributed by atoms with Gasteiger partial charge in [0.2, 0.25) is 20.0 Å². The summed E-state index contributed by atoms with van der Waals surface area (Å²) in [5.41, 5.74) is 7.17. The normalized spacial score (nSPS) is 16.8. The number of anilines is 1. The Kier molecular flexibility index (Phi) is 6.02.